The molecule has 0 aliphatic carbocycles. The quantitative estimate of drug-likeness (QED) is 0.288. The van der Waals surface area contributed by atoms with Crippen molar-refractivity contribution in [2.24, 2.45) is 5.84 Å². The lowest BCUT2D eigenvalue weighted by atomic mass is 9.99. The fourth-order valence-electron chi connectivity index (χ4n) is 1.46. The number of hydrogen-bond acceptors (Lipinski definition) is 3. The third kappa shape index (κ3) is 6.08. The van der Waals surface area contributed by atoms with Gasteiger partial charge in [-0.1, -0.05) is 13.3 Å². The van der Waals surface area contributed by atoms with Gasteiger partial charge in [-0.3, -0.25) is 10.2 Å². The second-order valence-electron chi connectivity index (χ2n) is 4.97. The second-order valence-corrected chi connectivity index (χ2v) is 4.97. The van der Waals surface area contributed by atoms with Crippen molar-refractivity contribution >= 4 is 5.91 Å². The van der Waals surface area contributed by atoms with Gasteiger partial charge in [-0.25, -0.2) is 5.84 Å². The Morgan fingerprint density at radius 1 is 1.31 bits per heavy atom. The van der Waals surface area contributed by atoms with Crippen LogP contribution in [-0.4, -0.2) is 29.9 Å². The lowest BCUT2D eigenvalue weighted by Gasteiger charge is -2.34. The number of rotatable bonds is 8. The van der Waals surface area contributed by atoms with Crippen LogP contribution in [0.25, 0.3) is 0 Å². The molecule has 0 aromatic carbocycles. The topological polar surface area (TPSA) is 58.4 Å². The van der Waals surface area contributed by atoms with Crippen molar-refractivity contribution in [2.75, 3.05) is 13.6 Å². The van der Waals surface area contributed by atoms with Crippen LogP contribution >= 0.6 is 0 Å². The molecule has 0 heterocycles. The SMILES string of the molecule is CCC(C)(C)N(C)CCCCCC(=O)NN. The van der Waals surface area contributed by atoms with Crippen LogP contribution in [0.5, 0.6) is 0 Å². The predicted molar refractivity (Wildman–Crippen MR) is 67.8 cm³/mol. The molecule has 0 rings (SSSR count). The molecule has 0 bridgehead atoms. The highest BCUT2D eigenvalue weighted by Crippen LogP contribution is 2.17. The minimum Gasteiger partial charge on any atom is -0.301 e. The van der Waals surface area contributed by atoms with Gasteiger partial charge in [-0.05, 0) is 46.7 Å². The Labute approximate surface area is 99.5 Å². The minimum absolute atomic E-state index is 0.0674. The molecule has 96 valence electrons. The molecule has 0 aliphatic heterocycles. The van der Waals surface area contributed by atoms with Gasteiger partial charge in [0.15, 0.2) is 0 Å². The van der Waals surface area contributed by atoms with Crippen LogP contribution in [0.4, 0.5) is 0 Å². The average molecular weight is 229 g/mol. The van der Waals surface area contributed by atoms with E-state index in [0.29, 0.717) is 6.42 Å². The molecule has 0 fully saturated rings. The van der Waals surface area contributed by atoms with Crippen LogP contribution in [0, 0.1) is 0 Å². The van der Waals surface area contributed by atoms with E-state index in [1.807, 2.05) is 0 Å². The number of amides is 1. The van der Waals surface area contributed by atoms with E-state index < -0.39 is 0 Å². The van der Waals surface area contributed by atoms with Gasteiger partial charge in [0.25, 0.3) is 0 Å². The molecule has 0 aromatic rings. The van der Waals surface area contributed by atoms with Gasteiger partial charge < -0.3 is 4.90 Å². The normalized spacial score (nSPS) is 11.9. The van der Waals surface area contributed by atoms with Crippen LogP contribution in [0.15, 0.2) is 0 Å². The van der Waals surface area contributed by atoms with Crippen LogP contribution in [-0.2, 0) is 4.79 Å². The molecule has 4 nitrogen and oxygen atoms in total. The van der Waals surface area contributed by atoms with Crippen LogP contribution in [0.3, 0.4) is 0 Å². The summed E-state index contributed by atoms with van der Waals surface area (Å²) in [6, 6.07) is 0. The molecule has 3 N–H and O–H groups in total. The smallest absolute Gasteiger partial charge is 0.233 e. The first-order valence-corrected chi connectivity index (χ1v) is 6.14. The molecular formula is C12H27N3O. The van der Waals surface area contributed by atoms with Gasteiger partial charge in [0.2, 0.25) is 5.91 Å². The van der Waals surface area contributed by atoms with E-state index in [-0.39, 0.29) is 11.4 Å². The summed E-state index contributed by atoms with van der Waals surface area (Å²) in [6.45, 7) is 7.82. The number of nitrogens with zero attached hydrogens (tertiary/aromatic N) is 1. The fourth-order valence-corrected chi connectivity index (χ4v) is 1.46. The van der Waals surface area contributed by atoms with Crippen molar-refractivity contribution in [3.63, 3.8) is 0 Å². The lowest BCUT2D eigenvalue weighted by molar-refractivity contribution is -0.121. The summed E-state index contributed by atoms with van der Waals surface area (Å²) in [5.74, 6) is 4.93. The maximum absolute atomic E-state index is 10.9. The Bertz CT molecular complexity index is 204. The van der Waals surface area contributed by atoms with E-state index in [4.69, 9.17) is 5.84 Å². The molecule has 0 saturated heterocycles. The van der Waals surface area contributed by atoms with Crippen molar-refractivity contribution in [2.45, 2.75) is 58.4 Å². The summed E-state index contributed by atoms with van der Waals surface area (Å²) in [4.78, 5) is 13.3. The molecule has 4 heteroatoms. The van der Waals surface area contributed by atoms with E-state index in [0.717, 1.165) is 32.2 Å². The standard InChI is InChI=1S/C12H27N3O/c1-5-12(2,3)15(4)10-8-6-7-9-11(16)14-13/h5-10,13H2,1-4H3,(H,14,16). The van der Waals surface area contributed by atoms with Crippen LogP contribution in [0.1, 0.15) is 52.9 Å². The number of nitrogens with two attached hydrogens (primary N) is 1. The molecule has 0 radical (unpaired) electrons. The molecule has 0 spiro atoms. The zero-order valence-electron chi connectivity index (χ0n) is 11.2. The Balaban J connectivity index is 3.56. The zero-order chi connectivity index (χ0) is 12.6. The number of hydrazine groups is 1. The van der Waals surface area contributed by atoms with Gasteiger partial charge in [-0.2, -0.15) is 0 Å². The van der Waals surface area contributed by atoms with Crippen molar-refractivity contribution < 1.29 is 4.79 Å². The first kappa shape index (κ1) is 15.4. The Hall–Kier alpha value is -0.610. The minimum atomic E-state index is -0.0674. The van der Waals surface area contributed by atoms with Gasteiger partial charge >= 0.3 is 0 Å². The van der Waals surface area contributed by atoms with E-state index in [1.54, 1.807) is 0 Å². The second kappa shape index (κ2) is 7.63. The Morgan fingerprint density at radius 3 is 2.44 bits per heavy atom. The molecule has 0 unspecified atom stereocenters. The number of carbonyl (C=O) groups is 1. The van der Waals surface area contributed by atoms with Gasteiger partial charge in [0, 0.05) is 12.0 Å². The van der Waals surface area contributed by atoms with E-state index in [2.05, 4.69) is 38.1 Å². The molecule has 0 atom stereocenters. The number of unbranched alkanes of at least 4 members (excludes halogenated alkanes) is 2. The molecule has 0 saturated carbocycles. The largest absolute Gasteiger partial charge is 0.301 e. The van der Waals surface area contributed by atoms with Crippen molar-refractivity contribution in [3.8, 4) is 0 Å². The van der Waals surface area contributed by atoms with Gasteiger partial charge in [0.1, 0.15) is 0 Å². The van der Waals surface area contributed by atoms with Crippen LogP contribution in [0.2, 0.25) is 0 Å². The molecule has 1 amide bonds. The highest BCUT2D eigenvalue weighted by molar-refractivity contribution is 5.74. The lowest BCUT2D eigenvalue weighted by Crippen LogP contribution is -2.40. The van der Waals surface area contributed by atoms with E-state index in [9.17, 15) is 4.79 Å². The number of nitrogens with one attached hydrogen (secondary N) is 1. The number of carbonyl (C=O) groups excluding carboxylic acids is 1. The summed E-state index contributed by atoms with van der Waals surface area (Å²) >= 11 is 0. The van der Waals surface area contributed by atoms with Gasteiger partial charge in [-0.15, -0.1) is 0 Å². The zero-order valence-corrected chi connectivity index (χ0v) is 11.2. The Morgan fingerprint density at radius 2 is 1.94 bits per heavy atom. The summed E-state index contributed by atoms with van der Waals surface area (Å²) in [6.07, 6.45) is 4.83. The molecular weight excluding hydrogens is 202 g/mol. The summed E-state index contributed by atoms with van der Waals surface area (Å²) < 4.78 is 0. The highest BCUT2D eigenvalue weighted by atomic mass is 16.2. The van der Waals surface area contributed by atoms with Crippen molar-refractivity contribution in [1.29, 1.82) is 0 Å². The summed E-state index contributed by atoms with van der Waals surface area (Å²) in [7, 11) is 2.16. The maximum atomic E-state index is 10.9. The van der Waals surface area contributed by atoms with Crippen molar-refractivity contribution in [1.82, 2.24) is 10.3 Å². The maximum Gasteiger partial charge on any atom is 0.233 e. The average Bonchev–Trinajstić information content (AvgIpc) is 2.27. The summed E-state index contributed by atoms with van der Waals surface area (Å²) in [5.41, 5.74) is 2.42. The molecule has 16 heavy (non-hydrogen) atoms. The first-order chi connectivity index (χ1) is 7.44. The number of hydrogen-bond donors (Lipinski definition) is 2. The van der Waals surface area contributed by atoms with Crippen LogP contribution < -0.4 is 11.3 Å². The van der Waals surface area contributed by atoms with Gasteiger partial charge in [0.05, 0.1) is 0 Å². The third-order valence-electron chi connectivity index (χ3n) is 3.46. The summed E-state index contributed by atoms with van der Waals surface area (Å²) in [5, 5.41) is 0. The first-order valence-electron chi connectivity index (χ1n) is 6.14. The predicted octanol–water partition coefficient (Wildman–Crippen LogP) is 1.66. The van der Waals surface area contributed by atoms with E-state index in [1.165, 1.54) is 0 Å². The molecule has 0 aromatic heterocycles. The Kier molecular flexibility index (Phi) is 7.34. The fraction of sp³-hybridized carbons (Fsp3) is 0.917. The van der Waals surface area contributed by atoms with E-state index >= 15 is 0 Å². The molecule has 0 aliphatic rings. The third-order valence-corrected chi connectivity index (χ3v) is 3.46. The highest BCUT2D eigenvalue weighted by Gasteiger charge is 2.19. The van der Waals surface area contributed by atoms with Crippen molar-refractivity contribution in [3.05, 3.63) is 0 Å². The monoisotopic (exact) mass is 229 g/mol.